The van der Waals surface area contributed by atoms with Crippen LogP contribution in [0.25, 0.3) is 0 Å². The van der Waals surface area contributed by atoms with Crippen LogP contribution >= 0.6 is 0 Å². The molecule has 0 amide bonds. The Labute approximate surface area is 109 Å². The van der Waals surface area contributed by atoms with E-state index >= 15 is 0 Å². The molecule has 0 radical (unpaired) electrons. The third kappa shape index (κ3) is 2.51. The Morgan fingerprint density at radius 3 is 2.47 bits per heavy atom. The largest absolute Gasteiger partial charge is 0.465 e. The summed E-state index contributed by atoms with van der Waals surface area (Å²) in [7, 11) is -4.16. The maximum absolute atomic E-state index is 12.8. The highest BCUT2D eigenvalue weighted by atomic mass is 32.2. The predicted molar refractivity (Wildman–Crippen MR) is 61.2 cm³/mol. The van der Waals surface area contributed by atoms with E-state index < -0.39 is 22.2 Å². The van der Waals surface area contributed by atoms with Crippen LogP contribution in [0.3, 0.4) is 0 Å². The monoisotopic (exact) mass is 297 g/mol. The Hall–Kier alpha value is -1.02. The highest BCUT2D eigenvalue weighted by Crippen LogP contribution is 2.37. The quantitative estimate of drug-likeness (QED) is 0.843. The van der Waals surface area contributed by atoms with Crippen molar-refractivity contribution >= 4 is 10.0 Å². The Morgan fingerprint density at radius 2 is 2.00 bits per heavy atom. The molecule has 108 valence electrons. The number of hydrogen-bond donors (Lipinski definition) is 0. The maximum Gasteiger partial charge on any atom is 0.405 e. The average molecular weight is 297 g/mol. The van der Waals surface area contributed by atoms with Crippen LogP contribution < -0.4 is 0 Å². The highest BCUT2D eigenvalue weighted by molar-refractivity contribution is 7.89. The van der Waals surface area contributed by atoms with E-state index in [0.29, 0.717) is 10.1 Å². The summed E-state index contributed by atoms with van der Waals surface area (Å²) < 4.78 is 68.7. The van der Waals surface area contributed by atoms with Gasteiger partial charge in [-0.3, -0.25) is 0 Å². The molecule has 1 aliphatic heterocycles. The fraction of sp³-hybridized carbons (Fsp3) is 0.636. The molecule has 1 aromatic heterocycles. The SMILES string of the molecule is Cc1cc(S(=O)(=O)N2CCC[C@H]2C(F)(F)F)c(C)o1. The smallest absolute Gasteiger partial charge is 0.405 e. The van der Waals surface area contributed by atoms with Crippen molar-refractivity contribution in [2.75, 3.05) is 6.54 Å². The van der Waals surface area contributed by atoms with Gasteiger partial charge in [0.25, 0.3) is 0 Å². The van der Waals surface area contributed by atoms with Gasteiger partial charge in [0.05, 0.1) is 0 Å². The minimum Gasteiger partial charge on any atom is -0.465 e. The molecule has 2 rings (SSSR count). The summed E-state index contributed by atoms with van der Waals surface area (Å²) in [5.74, 6) is 0.476. The molecule has 0 aliphatic carbocycles. The van der Waals surface area contributed by atoms with Crippen molar-refractivity contribution in [2.24, 2.45) is 0 Å². The topological polar surface area (TPSA) is 50.5 Å². The zero-order valence-corrected chi connectivity index (χ0v) is 11.3. The van der Waals surface area contributed by atoms with E-state index in [1.807, 2.05) is 0 Å². The van der Waals surface area contributed by atoms with Gasteiger partial charge in [-0.05, 0) is 32.8 Å². The van der Waals surface area contributed by atoms with Crippen LogP contribution in [0.4, 0.5) is 13.2 Å². The van der Waals surface area contributed by atoms with Gasteiger partial charge in [0.1, 0.15) is 22.5 Å². The van der Waals surface area contributed by atoms with Gasteiger partial charge < -0.3 is 4.42 Å². The minimum atomic E-state index is -4.55. The minimum absolute atomic E-state index is 0.115. The Balaban J connectivity index is 2.42. The van der Waals surface area contributed by atoms with Crippen molar-refractivity contribution in [3.63, 3.8) is 0 Å². The van der Waals surface area contributed by atoms with Crippen LogP contribution in [0.5, 0.6) is 0 Å². The third-order valence-corrected chi connectivity index (χ3v) is 5.18. The fourth-order valence-electron chi connectivity index (χ4n) is 2.34. The molecule has 1 aliphatic rings. The van der Waals surface area contributed by atoms with Gasteiger partial charge in [0, 0.05) is 6.54 Å². The normalized spacial score (nSPS) is 22.1. The van der Waals surface area contributed by atoms with E-state index in [1.54, 1.807) is 6.92 Å². The van der Waals surface area contributed by atoms with Crippen LogP contribution in [0, 0.1) is 13.8 Å². The lowest BCUT2D eigenvalue weighted by molar-refractivity contribution is -0.165. The van der Waals surface area contributed by atoms with E-state index in [9.17, 15) is 21.6 Å². The number of halogens is 3. The zero-order valence-electron chi connectivity index (χ0n) is 10.5. The number of alkyl halides is 3. The second kappa shape index (κ2) is 4.52. The first-order valence-corrected chi connectivity index (χ1v) is 7.23. The Bertz CT molecular complexity index is 576. The summed E-state index contributed by atoms with van der Waals surface area (Å²) in [4.78, 5) is -0.179. The number of hydrogen-bond acceptors (Lipinski definition) is 3. The number of sulfonamides is 1. The fourth-order valence-corrected chi connectivity index (χ4v) is 4.25. The van der Waals surface area contributed by atoms with Crippen molar-refractivity contribution < 1.29 is 26.0 Å². The van der Waals surface area contributed by atoms with Gasteiger partial charge in [-0.25, -0.2) is 8.42 Å². The molecule has 0 bridgehead atoms. The molecule has 1 atom stereocenters. The van der Waals surface area contributed by atoms with Gasteiger partial charge in [0.2, 0.25) is 10.0 Å². The molecule has 0 N–H and O–H groups in total. The zero-order chi connectivity index (χ0) is 14.4. The predicted octanol–water partition coefficient (Wildman–Crippen LogP) is 2.61. The molecular weight excluding hydrogens is 283 g/mol. The Kier molecular flexibility index (Phi) is 3.42. The van der Waals surface area contributed by atoms with Crippen molar-refractivity contribution in [1.29, 1.82) is 0 Å². The highest BCUT2D eigenvalue weighted by Gasteiger charge is 2.51. The number of aryl methyl sites for hydroxylation is 2. The summed E-state index contributed by atoms with van der Waals surface area (Å²) in [6.07, 6.45) is -4.53. The van der Waals surface area contributed by atoms with Crippen molar-refractivity contribution in [1.82, 2.24) is 4.31 Å². The first-order chi connectivity index (χ1) is 8.64. The molecule has 1 saturated heterocycles. The standard InChI is InChI=1S/C11H14F3NO3S/c1-7-6-9(8(2)18-7)19(16,17)15-5-3-4-10(15)11(12,13)14/h6,10H,3-5H2,1-2H3/t10-/m0/s1. The summed E-state index contributed by atoms with van der Waals surface area (Å²) >= 11 is 0. The van der Waals surface area contributed by atoms with E-state index in [-0.39, 0.29) is 30.0 Å². The lowest BCUT2D eigenvalue weighted by Gasteiger charge is -2.25. The van der Waals surface area contributed by atoms with Crippen LogP contribution in [0.15, 0.2) is 15.4 Å². The molecule has 4 nitrogen and oxygen atoms in total. The Morgan fingerprint density at radius 1 is 1.37 bits per heavy atom. The summed E-state index contributed by atoms with van der Waals surface area (Å²) in [5, 5.41) is 0. The van der Waals surface area contributed by atoms with Crippen LogP contribution in [0.1, 0.15) is 24.4 Å². The number of nitrogens with zero attached hydrogens (tertiary/aromatic N) is 1. The second-order valence-corrected chi connectivity index (χ2v) is 6.45. The average Bonchev–Trinajstić information content (AvgIpc) is 2.83. The molecule has 8 heteroatoms. The molecule has 0 aromatic carbocycles. The lowest BCUT2D eigenvalue weighted by Crippen LogP contribution is -2.44. The molecule has 19 heavy (non-hydrogen) atoms. The van der Waals surface area contributed by atoms with Gasteiger partial charge >= 0.3 is 6.18 Å². The number of rotatable bonds is 2. The van der Waals surface area contributed by atoms with Crippen LogP contribution in [0.2, 0.25) is 0 Å². The molecule has 1 fully saturated rings. The van der Waals surface area contributed by atoms with E-state index in [2.05, 4.69) is 0 Å². The first-order valence-electron chi connectivity index (χ1n) is 5.79. The van der Waals surface area contributed by atoms with Gasteiger partial charge in [-0.2, -0.15) is 17.5 Å². The molecule has 0 saturated carbocycles. The molecule has 1 aromatic rings. The van der Waals surface area contributed by atoms with Gasteiger partial charge in [-0.15, -0.1) is 0 Å². The molecule has 2 heterocycles. The molecule has 0 spiro atoms. The lowest BCUT2D eigenvalue weighted by atomic mass is 10.2. The van der Waals surface area contributed by atoms with E-state index in [4.69, 9.17) is 4.42 Å². The van der Waals surface area contributed by atoms with E-state index in [0.717, 1.165) is 0 Å². The summed E-state index contributed by atoms with van der Waals surface area (Å²) in [6.45, 7) is 2.87. The van der Waals surface area contributed by atoms with Crippen LogP contribution in [-0.4, -0.2) is 31.5 Å². The maximum atomic E-state index is 12.8. The molecule has 0 unspecified atom stereocenters. The summed E-state index contributed by atoms with van der Waals surface area (Å²) in [6, 6.07) is -0.678. The third-order valence-electron chi connectivity index (χ3n) is 3.16. The summed E-state index contributed by atoms with van der Waals surface area (Å²) in [5.41, 5.74) is 0. The van der Waals surface area contributed by atoms with E-state index in [1.165, 1.54) is 13.0 Å². The van der Waals surface area contributed by atoms with Crippen LogP contribution in [-0.2, 0) is 10.0 Å². The van der Waals surface area contributed by atoms with Crippen molar-refractivity contribution in [3.05, 3.63) is 17.6 Å². The first kappa shape index (κ1) is 14.4. The van der Waals surface area contributed by atoms with Crippen molar-refractivity contribution in [3.8, 4) is 0 Å². The van der Waals surface area contributed by atoms with Crippen molar-refractivity contribution in [2.45, 2.75) is 43.8 Å². The van der Waals surface area contributed by atoms with Gasteiger partial charge in [0.15, 0.2) is 0 Å². The molecular formula is C11H14F3NO3S. The second-order valence-electron chi connectivity index (χ2n) is 4.59. The number of furan rings is 1. The van der Waals surface area contributed by atoms with Gasteiger partial charge in [-0.1, -0.05) is 0 Å².